The third kappa shape index (κ3) is 3.06. The number of carbonyl (C=O) groups is 1. The zero-order valence-corrected chi connectivity index (χ0v) is 14.3. The first-order valence-corrected chi connectivity index (χ1v) is 8.40. The predicted molar refractivity (Wildman–Crippen MR) is 96.9 cm³/mol. The highest BCUT2D eigenvalue weighted by Crippen LogP contribution is 2.31. The van der Waals surface area contributed by atoms with Crippen molar-refractivity contribution in [2.75, 3.05) is 0 Å². The maximum atomic E-state index is 12.7. The van der Waals surface area contributed by atoms with Crippen LogP contribution in [-0.2, 0) is 12.7 Å². The van der Waals surface area contributed by atoms with Gasteiger partial charge in [-0.15, -0.1) is 0 Å². The predicted octanol–water partition coefficient (Wildman–Crippen LogP) is 4.06. The standard InChI is InChI=1S/C20H13F3N2O3/c21-20(22,23)14-4-1-11(2-5-14)9-12-7-8-25-17(12)24-16-10-13(19(27)28)3-6-15(16)18(25)26/h1-6,9-10H,7-8H2,(H,27,28)/b12-9-. The molecule has 0 amide bonds. The number of fused-ring (bicyclic) bond motifs is 2. The number of benzene rings is 2. The van der Waals surface area contributed by atoms with Crippen LogP contribution in [0, 0.1) is 0 Å². The summed E-state index contributed by atoms with van der Waals surface area (Å²) in [6.45, 7) is 0.407. The number of hydrogen-bond donors (Lipinski definition) is 1. The average molecular weight is 386 g/mol. The van der Waals surface area contributed by atoms with Gasteiger partial charge in [0.15, 0.2) is 0 Å². The Balaban J connectivity index is 1.79. The maximum Gasteiger partial charge on any atom is 0.416 e. The van der Waals surface area contributed by atoms with Gasteiger partial charge in [-0.25, -0.2) is 9.78 Å². The van der Waals surface area contributed by atoms with E-state index in [1.54, 1.807) is 6.08 Å². The van der Waals surface area contributed by atoms with Crippen LogP contribution in [-0.4, -0.2) is 20.6 Å². The first-order valence-electron chi connectivity index (χ1n) is 8.40. The Hall–Kier alpha value is -3.42. The second kappa shape index (κ2) is 6.33. The summed E-state index contributed by atoms with van der Waals surface area (Å²) in [5, 5.41) is 9.45. The minimum atomic E-state index is -4.40. The number of halogens is 3. The van der Waals surface area contributed by atoms with E-state index in [0.29, 0.717) is 35.3 Å². The summed E-state index contributed by atoms with van der Waals surface area (Å²) in [6, 6.07) is 8.87. The van der Waals surface area contributed by atoms with Crippen LogP contribution in [0.3, 0.4) is 0 Å². The van der Waals surface area contributed by atoms with Gasteiger partial charge in [-0.3, -0.25) is 9.36 Å². The van der Waals surface area contributed by atoms with Crippen LogP contribution >= 0.6 is 0 Å². The summed E-state index contributed by atoms with van der Waals surface area (Å²) in [4.78, 5) is 28.3. The lowest BCUT2D eigenvalue weighted by molar-refractivity contribution is -0.137. The number of aromatic nitrogens is 2. The van der Waals surface area contributed by atoms with Crippen molar-refractivity contribution < 1.29 is 23.1 Å². The van der Waals surface area contributed by atoms with Crippen LogP contribution in [0.15, 0.2) is 47.3 Å². The van der Waals surface area contributed by atoms with E-state index >= 15 is 0 Å². The normalized spacial score (nSPS) is 15.2. The molecule has 5 nitrogen and oxygen atoms in total. The van der Waals surface area contributed by atoms with Crippen LogP contribution in [0.2, 0.25) is 0 Å². The van der Waals surface area contributed by atoms with Crippen molar-refractivity contribution in [3.8, 4) is 0 Å². The number of aromatic carboxylic acids is 1. The van der Waals surface area contributed by atoms with Gasteiger partial charge in [0.25, 0.3) is 5.56 Å². The van der Waals surface area contributed by atoms with E-state index in [2.05, 4.69) is 4.98 Å². The molecular weight excluding hydrogens is 373 g/mol. The fourth-order valence-electron chi connectivity index (χ4n) is 3.26. The SMILES string of the molecule is O=C(O)c1ccc2c(=O)n3c(nc2c1)/C(=C\c1ccc(C(F)(F)F)cc1)CC3. The Labute approximate surface area is 156 Å². The van der Waals surface area contributed by atoms with Crippen molar-refractivity contribution in [3.05, 3.63) is 75.3 Å². The summed E-state index contributed by atoms with van der Waals surface area (Å²) in [6.07, 6.45) is -2.20. The van der Waals surface area contributed by atoms with Gasteiger partial charge in [-0.1, -0.05) is 12.1 Å². The third-order valence-electron chi connectivity index (χ3n) is 4.67. The summed E-state index contributed by atoms with van der Waals surface area (Å²) in [5.74, 6) is -0.718. The smallest absolute Gasteiger partial charge is 0.416 e. The van der Waals surface area contributed by atoms with E-state index in [1.165, 1.54) is 34.9 Å². The molecule has 0 aliphatic carbocycles. The van der Waals surface area contributed by atoms with Gasteiger partial charge < -0.3 is 5.11 Å². The zero-order chi connectivity index (χ0) is 20.1. The zero-order valence-electron chi connectivity index (χ0n) is 14.3. The quantitative estimate of drug-likeness (QED) is 0.721. The molecule has 0 bridgehead atoms. The molecule has 28 heavy (non-hydrogen) atoms. The molecule has 0 radical (unpaired) electrons. The Morgan fingerprint density at radius 1 is 1.14 bits per heavy atom. The Kier molecular flexibility index (Phi) is 4.06. The van der Waals surface area contributed by atoms with Crippen LogP contribution in [0.1, 0.15) is 33.7 Å². The number of rotatable bonds is 2. The number of hydrogen-bond acceptors (Lipinski definition) is 3. The van der Waals surface area contributed by atoms with Crippen LogP contribution in [0.4, 0.5) is 13.2 Å². The van der Waals surface area contributed by atoms with Gasteiger partial charge in [0, 0.05) is 6.54 Å². The lowest BCUT2D eigenvalue weighted by Gasteiger charge is -2.07. The molecule has 0 atom stereocenters. The highest BCUT2D eigenvalue weighted by atomic mass is 19.4. The molecule has 1 N–H and O–H groups in total. The number of alkyl halides is 3. The lowest BCUT2D eigenvalue weighted by Crippen LogP contribution is -2.21. The van der Waals surface area contributed by atoms with Gasteiger partial charge in [0.1, 0.15) is 5.82 Å². The molecule has 1 aromatic heterocycles. The second-order valence-corrected chi connectivity index (χ2v) is 6.47. The molecule has 0 unspecified atom stereocenters. The number of allylic oxidation sites excluding steroid dienone is 1. The third-order valence-corrected chi connectivity index (χ3v) is 4.67. The minimum Gasteiger partial charge on any atom is -0.478 e. The van der Waals surface area contributed by atoms with Gasteiger partial charge >= 0.3 is 12.1 Å². The summed E-state index contributed by atoms with van der Waals surface area (Å²) in [5.41, 5.74) is 0.562. The highest BCUT2D eigenvalue weighted by molar-refractivity contribution is 5.93. The van der Waals surface area contributed by atoms with Gasteiger partial charge in [0.05, 0.1) is 22.0 Å². The van der Waals surface area contributed by atoms with Crippen LogP contribution in [0.25, 0.3) is 22.6 Å². The molecule has 1 aliphatic rings. The average Bonchev–Trinajstić information content (AvgIpc) is 3.04. The van der Waals surface area contributed by atoms with E-state index in [4.69, 9.17) is 5.11 Å². The fourth-order valence-corrected chi connectivity index (χ4v) is 3.26. The highest BCUT2D eigenvalue weighted by Gasteiger charge is 2.30. The fraction of sp³-hybridized carbons (Fsp3) is 0.150. The van der Waals surface area contributed by atoms with Crippen LogP contribution in [0.5, 0.6) is 0 Å². The molecule has 0 spiro atoms. The van der Waals surface area contributed by atoms with E-state index in [-0.39, 0.29) is 16.6 Å². The molecule has 0 fully saturated rings. The van der Waals surface area contributed by atoms with Crippen molar-refractivity contribution >= 4 is 28.5 Å². The summed E-state index contributed by atoms with van der Waals surface area (Å²) < 4.78 is 39.6. The van der Waals surface area contributed by atoms with E-state index in [1.807, 2.05) is 0 Å². The van der Waals surface area contributed by atoms with Crippen molar-refractivity contribution in [3.63, 3.8) is 0 Å². The van der Waals surface area contributed by atoms with Crippen molar-refractivity contribution in [1.82, 2.24) is 9.55 Å². The minimum absolute atomic E-state index is 0.0237. The number of carboxylic acid groups (broad SMARTS) is 1. The Morgan fingerprint density at radius 2 is 1.86 bits per heavy atom. The van der Waals surface area contributed by atoms with Gasteiger partial charge in [-0.2, -0.15) is 13.2 Å². The Morgan fingerprint density at radius 3 is 2.50 bits per heavy atom. The lowest BCUT2D eigenvalue weighted by atomic mass is 10.1. The largest absolute Gasteiger partial charge is 0.478 e. The van der Waals surface area contributed by atoms with E-state index in [9.17, 15) is 22.8 Å². The van der Waals surface area contributed by atoms with Crippen LogP contribution < -0.4 is 5.56 Å². The van der Waals surface area contributed by atoms with Crippen molar-refractivity contribution in [2.45, 2.75) is 19.1 Å². The van der Waals surface area contributed by atoms with E-state index in [0.717, 1.165) is 12.1 Å². The second-order valence-electron chi connectivity index (χ2n) is 6.47. The summed E-state index contributed by atoms with van der Waals surface area (Å²) >= 11 is 0. The molecule has 1 aliphatic heterocycles. The molecule has 4 rings (SSSR count). The number of nitrogens with zero attached hydrogens (tertiary/aromatic N) is 2. The molecule has 0 saturated carbocycles. The molecule has 2 heterocycles. The molecule has 2 aromatic carbocycles. The van der Waals surface area contributed by atoms with Crippen molar-refractivity contribution in [1.29, 1.82) is 0 Å². The molecule has 0 saturated heterocycles. The maximum absolute atomic E-state index is 12.7. The number of carboxylic acids is 1. The van der Waals surface area contributed by atoms with Gasteiger partial charge in [-0.05, 0) is 54.0 Å². The molecular formula is C20H13F3N2O3. The topological polar surface area (TPSA) is 72.2 Å². The summed E-state index contributed by atoms with van der Waals surface area (Å²) in [7, 11) is 0. The van der Waals surface area contributed by atoms with E-state index < -0.39 is 17.7 Å². The molecule has 142 valence electrons. The van der Waals surface area contributed by atoms with Crippen molar-refractivity contribution in [2.24, 2.45) is 0 Å². The molecule has 3 aromatic rings. The Bertz CT molecular complexity index is 1190. The molecule has 8 heteroatoms. The monoisotopic (exact) mass is 386 g/mol. The van der Waals surface area contributed by atoms with Gasteiger partial charge in [0.2, 0.25) is 0 Å². The first-order chi connectivity index (χ1) is 13.2. The first kappa shape index (κ1) is 18.0.